The second kappa shape index (κ2) is 7.04. The third kappa shape index (κ3) is 3.34. The number of fused-ring (bicyclic) bond motifs is 1. The van der Waals surface area contributed by atoms with E-state index in [0.29, 0.717) is 11.6 Å². The molecule has 0 bridgehead atoms. The van der Waals surface area contributed by atoms with Crippen molar-refractivity contribution in [3.05, 3.63) is 30.0 Å². The van der Waals surface area contributed by atoms with Crippen LogP contribution in [0.4, 0.5) is 0 Å². The predicted octanol–water partition coefficient (Wildman–Crippen LogP) is 2.64. The molecule has 0 radical (unpaired) electrons. The van der Waals surface area contributed by atoms with Crippen molar-refractivity contribution in [3.63, 3.8) is 0 Å². The van der Waals surface area contributed by atoms with Crippen molar-refractivity contribution in [2.45, 2.75) is 19.8 Å². The quantitative estimate of drug-likeness (QED) is 0.892. The maximum Gasteiger partial charge on any atom is 0.270 e. The van der Waals surface area contributed by atoms with Crippen molar-refractivity contribution in [1.82, 2.24) is 15.2 Å². The maximum absolute atomic E-state index is 12.9. The second-order valence-corrected chi connectivity index (χ2v) is 6.16. The molecule has 3 rings (SSSR count). The van der Waals surface area contributed by atoms with Crippen LogP contribution in [-0.2, 0) is 0 Å². The number of piperidine rings is 1. The summed E-state index contributed by atoms with van der Waals surface area (Å²) >= 11 is 0. The molecule has 1 unspecified atom stereocenters. The number of carbonyl (C=O) groups excluding carboxylic acids is 1. The minimum Gasteiger partial charge on any atom is -0.496 e. The molecule has 124 valence electrons. The molecular formula is C18H25N3O2. The largest absolute Gasteiger partial charge is 0.496 e. The number of aromatic nitrogens is 1. The lowest BCUT2D eigenvalue weighted by Gasteiger charge is -2.29. The van der Waals surface area contributed by atoms with Gasteiger partial charge in [0.25, 0.3) is 5.91 Å². The minimum absolute atomic E-state index is 0.0660. The van der Waals surface area contributed by atoms with Crippen LogP contribution < -0.4 is 10.1 Å². The van der Waals surface area contributed by atoms with Gasteiger partial charge in [0.15, 0.2) is 0 Å². The third-order valence-corrected chi connectivity index (χ3v) is 4.62. The van der Waals surface area contributed by atoms with Gasteiger partial charge in [-0.1, -0.05) is 6.07 Å². The molecule has 2 aromatic rings. The Morgan fingerprint density at radius 3 is 3.00 bits per heavy atom. The Morgan fingerprint density at radius 1 is 1.43 bits per heavy atom. The van der Waals surface area contributed by atoms with Gasteiger partial charge in [-0.05, 0) is 57.0 Å². The number of ether oxygens (including phenoxy) is 1. The summed E-state index contributed by atoms with van der Waals surface area (Å²) in [5.74, 6) is 1.40. The van der Waals surface area contributed by atoms with Gasteiger partial charge >= 0.3 is 0 Å². The van der Waals surface area contributed by atoms with E-state index in [9.17, 15) is 4.79 Å². The normalized spacial score (nSPS) is 18.1. The predicted molar refractivity (Wildman–Crippen MR) is 92.0 cm³/mol. The number of nitrogens with one attached hydrogen (secondary N) is 2. The first-order chi connectivity index (χ1) is 11.2. The fraction of sp³-hybridized carbons (Fsp3) is 0.500. The van der Waals surface area contributed by atoms with Crippen LogP contribution in [0.5, 0.6) is 5.75 Å². The van der Waals surface area contributed by atoms with Crippen molar-refractivity contribution >= 4 is 16.8 Å². The lowest BCUT2D eigenvalue weighted by atomic mass is 9.99. The SMILES string of the molecule is CCN(CC1CCCNC1)C(=O)c1cc2c(OC)cccc2[nH]1. The number of amides is 1. The van der Waals surface area contributed by atoms with E-state index >= 15 is 0 Å². The smallest absolute Gasteiger partial charge is 0.270 e. The third-order valence-electron chi connectivity index (χ3n) is 4.62. The molecule has 1 aliphatic rings. The first-order valence-corrected chi connectivity index (χ1v) is 8.38. The van der Waals surface area contributed by atoms with Gasteiger partial charge in [-0.2, -0.15) is 0 Å². The molecule has 2 N–H and O–H groups in total. The highest BCUT2D eigenvalue weighted by Crippen LogP contribution is 2.26. The zero-order valence-electron chi connectivity index (χ0n) is 13.9. The lowest BCUT2D eigenvalue weighted by molar-refractivity contribution is 0.0724. The van der Waals surface area contributed by atoms with Gasteiger partial charge in [-0.3, -0.25) is 4.79 Å². The Balaban J connectivity index is 1.80. The summed E-state index contributed by atoms with van der Waals surface area (Å²) in [6.45, 7) is 5.68. The molecule has 1 aliphatic heterocycles. The van der Waals surface area contributed by atoms with Gasteiger partial charge in [0.05, 0.1) is 7.11 Å². The molecule has 1 fully saturated rings. The van der Waals surface area contributed by atoms with Crippen molar-refractivity contribution in [1.29, 1.82) is 0 Å². The van der Waals surface area contributed by atoms with E-state index in [-0.39, 0.29) is 5.91 Å². The fourth-order valence-electron chi connectivity index (χ4n) is 3.34. The molecule has 0 saturated carbocycles. The number of aromatic amines is 1. The van der Waals surface area contributed by atoms with Crippen molar-refractivity contribution in [2.75, 3.05) is 33.3 Å². The van der Waals surface area contributed by atoms with E-state index in [0.717, 1.165) is 42.8 Å². The van der Waals surface area contributed by atoms with Gasteiger partial charge in [0, 0.05) is 24.0 Å². The van der Waals surface area contributed by atoms with Crippen molar-refractivity contribution in [2.24, 2.45) is 5.92 Å². The van der Waals surface area contributed by atoms with E-state index in [2.05, 4.69) is 10.3 Å². The van der Waals surface area contributed by atoms with Crippen LogP contribution in [0, 0.1) is 5.92 Å². The Labute approximate surface area is 137 Å². The summed E-state index contributed by atoms with van der Waals surface area (Å²) in [4.78, 5) is 18.0. The van der Waals surface area contributed by atoms with Crippen molar-refractivity contribution in [3.8, 4) is 5.75 Å². The first-order valence-electron chi connectivity index (χ1n) is 8.38. The molecular weight excluding hydrogens is 290 g/mol. The van der Waals surface area contributed by atoms with Gasteiger partial charge in [0.2, 0.25) is 0 Å². The van der Waals surface area contributed by atoms with Crippen LogP contribution >= 0.6 is 0 Å². The molecule has 0 spiro atoms. The number of hydrogen-bond acceptors (Lipinski definition) is 3. The van der Waals surface area contributed by atoms with Crippen LogP contribution in [0.3, 0.4) is 0 Å². The average Bonchev–Trinajstić information content (AvgIpc) is 3.04. The van der Waals surface area contributed by atoms with Gasteiger partial charge in [-0.25, -0.2) is 0 Å². The van der Waals surface area contributed by atoms with Gasteiger partial charge in [0.1, 0.15) is 11.4 Å². The lowest BCUT2D eigenvalue weighted by Crippen LogP contribution is -2.41. The molecule has 1 saturated heterocycles. The number of carbonyl (C=O) groups is 1. The number of hydrogen-bond donors (Lipinski definition) is 2. The summed E-state index contributed by atoms with van der Waals surface area (Å²) in [5, 5.41) is 4.37. The zero-order chi connectivity index (χ0) is 16.2. The summed E-state index contributed by atoms with van der Waals surface area (Å²) in [6, 6.07) is 7.71. The topological polar surface area (TPSA) is 57.4 Å². The maximum atomic E-state index is 12.9. The molecule has 1 atom stereocenters. The van der Waals surface area contributed by atoms with Crippen molar-refractivity contribution < 1.29 is 9.53 Å². The highest BCUT2D eigenvalue weighted by molar-refractivity contribution is 5.99. The van der Waals surface area contributed by atoms with Crippen LogP contribution in [0.25, 0.3) is 10.9 Å². The van der Waals surface area contributed by atoms with E-state index < -0.39 is 0 Å². The standard InChI is InChI=1S/C18H25N3O2/c1-3-21(12-13-6-5-9-19-11-13)18(22)16-10-14-15(20-16)7-4-8-17(14)23-2/h4,7-8,10,13,19-20H,3,5-6,9,11-12H2,1-2H3. The Bertz CT molecular complexity index is 674. The van der Waals surface area contributed by atoms with Crippen LogP contribution in [0.1, 0.15) is 30.3 Å². The van der Waals surface area contributed by atoms with Crippen LogP contribution in [-0.4, -0.2) is 49.1 Å². The summed E-state index contributed by atoms with van der Waals surface area (Å²) in [5.41, 5.74) is 1.57. The zero-order valence-corrected chi connectivity index (χ0v) is 13.9. The Kier molecular flexibility index (Phi) is 4.86. The first kappa shape index (κ1) is 15.9. The number of benzene rings is 1. The van der Waals surface area contributed by atoms with Gasteiger partial charge in [-0.15, -0.1) is 0 Å². The molecule has 1 aromatic heterocycles. The van der Waals surface area contributed by atoms with Crippen LogP contribution in [0.2, 0.25) is 0 Å². The summed E-state index contributed by atoms with van der Waals surface area (Å²) in [6.07, 6.45) is 2.39. The molecule has 0 aliphatic carbocycles. The number of methoxy groups -OCH3 is 1. The number of H-pyrrole nitrogens is 1. The van der Waals surface area contributed by atoms with E-state index in [1.807, 2.05) is 36.1 Å². The fourth-order valence-corrected chi connectivity index (χ4v) is 3.34. The highest BCUT2D eigenvalue weighted by Gasteiger charge is 2.22. The van der Waals surface area contributed by atoms with E-state index in [4.69, 9.17) is 4.74 Å². The summed E-state index contributed by atoms with van der Waals surface area (Å²) in [7, 11) is 1.65. The number of rotatable bonds is 5. The molecule has 5 nitrogen and oxygen atoms in total. The Hall–Kier alpha value is -2.01. The summed E-state index contributed by atoms with van der Waals surface area (Å²) < 4.78 is 5.38. The van der Waals surface area contributed by atoms with Gasteiger partial charge < -0.3 is 19.9 Å². The average molecular weight is 315 g/mol. The highest BCUT2D eigenvalue weighted by atomic mass is 16.5. The molecule has 1 aromatic carbocycles. The molecule has 5 heteroatoms. The molecule has 23 heavy (non-hydrogen) atoms. The number of nitrogens with zero attached hydrogens (tertiary/aromatic N) is 1. The Morgan fingerprint density at radius 2 is 2.30 bits per heavy atom. The minimum atomic E-state index is 0.0660. The van der Waals surface area contributed by atoms with E-state index in [1.165, 1.54) is 12.8 Å². The second-order valence-electron chi connectivity index (χ2n) is 6.16. The molecule has 2 heterocycles. The van der Waals surface area contributed by atoms with Crippen LogP contribution in [0.15, 0.2) is 24.3 Å². The van der Waals surface area contributed by atoms with E-state index in [1.54, 1.807) is 7.11 Å². The monoisotopic (exact) mass is 315 g/mol. The molecule has 1 amide bonds.